The molecule has 0 fully saturated rings. The van der Waals surface area contributed by atoms with E-state index < -0.39 is 11.7 Å². The normalized spacial score (nSPS) is 11.6. The molecule has 5 heteroatoms. The molecule has 2 aromatic rings. The topological polar surface area (TPSA) is 25.8 Å². The van der Waals surface area contributed by atoms with Gasteiger partial charge in [0, 0.05) is 17.8 Å². The molecule has 0 aliphatic rings. The predicted molar refractivity (Wildman–Crippen MR) is 61.0 cm³/mol. The Morgan fingerprint density at radius 1 is 1.11 bits per heavy atom. The van der Waals surface area contributed by atoms with Gasteiger partial charge < -0.3 is 0 Å². The van der Waals surface area contributed by atoms with E-state index in [-0.39, 0.29) is 0 Å². The standard InChI is InChI=1S/C13H11F3N2/c1-9-5-12(18-8-17-9)7-10-3-2-4-11(6-10)13(14,15)16/h2-6,8H,7H2,1H3. The highest BCUT2D eigenvalue weighted by atomic mass is 19.4. The number of alkyl halides is 3. The van der Waals surface area contributed by atoms with Crippen LogP contribution in [0.3, 0.4) is 0 Å². The van der Waals surface area contributed by atoms with E-state index in [0.717, 1.165) is 17.8 Å². The first kappa shape index (κ1) is 12.5. The van der Waals surface area contributed by atoms with Crippen LogP contribution in [-0.2, 0) is 12.6 Å². The first-order valence-electron chi connectivity index (χ1n) is 5.39. The van der Waals surface area contributed by atoms with Crippen LogP contribution in [0.4, 0.5) is 13.2 Å². The Labute approximate surface area is 103 Å². The van der Waals surface area contributed by atoms with Crippen molar-refractivity contribution in [2.45, 2.75) is 19.5 Å². The van der Waals surface area contributed by atoms with Gasteiger partial charge in [0.05, 0.1) is 5.56 Å². The van der Waals surface area contributed by atoms with E-state index in [9.17, 15) is 13.2 Å². The molecular formula is C13H11F3N2. The van der Waals surface area contributed by atoms with Gasteiger partial charge in [-0.05, 0) is 24.6 Å². The lowest BCUT2D eigenvalue weighted by Gasteiger charge is -2.08. The molecule has 0 amide bonds. The lowest BCUT2D eigenvalue weighted by Crippen LogP contribution is -2.05. The van der Waals surface area contributed by atoms with E-state index in [1.165, 1.54) is 12.4 Å². The molecule has 0 aliphatic carbocycles. The third-order valence-corrected chi connectivity index (χ3v) is 2.50. The molecule has 0 spiro atoms. The van der Waals surface area contributed by atoms with Crippen LogP contribution in [0, 0.1) is 6.92 Å². The van der Waals surface area contributed by atoms with Gasteiger partial charge in [0.15, 0.2) is 0 Å². The van der Waals surface area contributed by atoms with Crippen LogP contribution in [0.1, 0.15) is 22.5 Å². The summed E-state index contributed by atoms with van der Waals surface area (Å²) in [6, 6.07) is 7.05. The molecule has 1 aromatic heterocycles. The van der Waals surface area contributed by atoms with Gasteiger partial charge in [0.25, 0.3) is 0 Å². The maximum absolute atomic E-state index is 12.5. The number of aromatic nitrogens is 2. The van der Waals surface area contributed by atoms with E-state index in [2.05, 4.69) is 9.97 Å². The van der Waals surface area contributed by atoms with Crippen molar-refractivity contribution in [2.24, 2.45) is 0 Å². The third-order valence-electron chi connectivity index (χ3n) is 2.50. The molecule has 0 atom stereocenters. The van der Waals surface area contributed by atoms with Crippen molar-refractivity contribution in [3.8, 4) is 0 Å². The summed E-state index contributed by atoms with van der Waals surface area (Å²) in [7, 11) is 0. The minimum Gasteiger partial charge on any atom is -0.242 e. The van der Waals surface area contributed by atoms with Crippen LogP contribution in [-0.4, -0.2) is 9.97 Å². The van der Waals surface area contributed by atoms with Crippen LogP contribution in [0.15, 0.2) is 36.7 Å². The molecule has 94 valence electrons. The highest BCUT2D eigenvalue weighted by Gasteiger charge is 2.30. The minimum atomic E-state index is -4.31. The molecule has 0 unspecified atom stereocenters. The molecule has 0 bridgehead atoms. The Bertz CT molecular complexity index is 550. The monoisotopic (exact) mass is 252 g/mol. The largest absolute Gasteiger partial charge is 0.416 e. The number of halogens is 3. The fourth-order valence-electron chi connectivity index (χ4n) is 1.67. The fourth-order valence-corrected chi connectivity index (χ4v) is 1.67. The number of nitrogens with zero attached hydrogens (tertiary/aromatic N) is 2. The Morgan fingerprint density at radius 2 is 1.89 bits per heavy atom. The summed E-state index contributed by atoms with van der Waals surface area (Å²) in [5.74, 6) is 0. The predicted octanol–water partition coefficient (Wildman–Crippen LogP) is 3.39. The van der Waals surface area contributed by atoms with Gasteiger partial charge in [0.2, 0.25) is 0 Å². The Morgan fingerprint density at radius 3 is 2.56 bits per heavy atom. The SMILES string of the molecule is Cc1cc(Cc2cccc(C(F)(F)F)c2)ncn1. The molecule has 2 nitrogen and oxygen atoms in total. The van der Waals surface area contributed by atoms with Gasteiger partial charge in [0.1, 0.15) is 6.33 Å². The average molecular weight is 252 g/mol. The van der Waals surface area contributed by atoms with E-state index in [1.54, 1.807) is 12.1 Å². The minimum absolute atomic E-state index is 0.368. The molecule has 0 N–H and O–H groups in total. The fraction of sp³-hybridized carbons (Fsp3) is 0.231. The van der Waals surface area contributed by atoms with Crippen LogP contribution < -0.4 is 0 Å². The maximum Gasteiger partial charge on any atom is 0.416 e. The van der Waals surface area contributed by atoms with Crippen LogP contribution in [0.25, 0.3) is 0 Å². The van der Waals surface area contributed by atoms with Crippen molar-refractivity contribution in [3.05, 3.63) is 59.2 Å². The Hall–Kier alpha value is -1.91. The second kappa shape index (κ2) is 4.76. The molecule has 0 aliphatic heterocycles. The summed E-state index contributed by atoms with van der Waals surface area (Å²) < 4.78 is 37.6. The van der Waals surface area contributed by atoms with Crippen molar-refractivity contribution < 1.29 is 13.2 Å². The van der Waals surface area contributed by atoms with E-state index >= 15 is 0 Å². The highest BCUT2D eigenvalue weighted by molar-refractivity contribution is 5.28. The molecule has 0 radical (unpaired) electrons. The summed E-state index contributed by atoms with van der Waals surface area (Å²) in [6.45, 7) is 1.82. The van der Waals surface area contributed by atoms with E-state index in [4.69, 9.17) is 0 Å². The first-order chi connectivity index (χ1) is 8.45. The van der Waals surface area contributed by atoms with Crippen LogP contribution in [0.5, 0.6) is 0 Å². The molecule has 0 saturated heterocycles. The molecule has 1 heterocycles. The molecular weight excluding hydrogens is 241 g/mol. The van der Waals surface area contributed by atoms with E-state index in [0.29, 0.717) is 17.7 Å². The average Bonchev–Trinajstić information content (AvgIpc) is 2.28. The van der Waals surface area contributed by atoms with Crippen molar-refractivity contribution in [1.29, 1.82) is 0 Å². The summed E-state index contributed by atoms with van der Waals surface area (Å²) in [5.41, 5.74) is 1.46. The lowest BCUT2D eigenvalue weighted by molar-refractivity contribution is -0.137. The van der Waals surface area contributed by atoms with Crippen LogP contribution in [0.2, 0.25) is 0 Å². The van der Waals surface area contributed by atoms with Gasteiger partial charge in [-0.3, -0.25) is 0 Å². The summed E-state index contributed by atoms with van der Waals surface area (Å²) >= 11 is 0. The lowest BCUT2D eigenvalue weighted by atomic mass is 10.1. The molecule has 18 heavy (non-hydrogen) atoms. The Kier molecular flexibility index (Phi) is 3.32. The number of rotatable bonds is 2. The van der Waals surface area contributed by atoms with Crippen LogP contribution >= 0.6 is 0 Å². The van der Waals surface area contributed by atoms with Gasteiger partial charge in [-0.1, -0.05) is 18.2 Å². The summed E-state index contributed by atoms with van der Waals surface area (Å²) in [6.07, 6.45) is -2.52. The van der Waals surface area contributed by atoms with Crippen molar-refractivity contribution >= 4 is 0 Å². The van der Waals surface area contributed by atoms with Crippen molar-refractivity contribution in [2.75, 3.05) is 0 Å². The first-order valence-corrected chi connectivity index (χ1v) is 5.39. The summed E-state index contributed by atoms with van der Waals surface area (Å²) in [4.78, 5) is 7.98. The quantitative estimate of drug-likeness (QED) is 0.818. The second-order valence-electron chi connectivity index (χ2n) is 4.03. The van der Waals surface area contributed by atoms with Crippen molar-refractivity contribution in [1.82, 2.24) is 9.97 Å². The highest BCUT2D eigenvalue weighted by Crippen LogP contribution is 2.29. The molecule has 0 saturated carbocycles. The number of hydrogen-bond acceptors (Lipinski definition) is 2. The third kappa shape index (κ3) is 3.06. The smallest absolute Gasteiger partial charge is 0.242 e. The van der Waals surface area contributed by atoms with E-state index in [1.807, 2.05) is 6.92 Å². The maximum atomic E-state index is 12.5. The van der Waals surface area contributed by atoms with Crippen molar-refractivity contribution in [3.63, 3.8) is 0 Å². The zero-order valence-electron chi connectivity index (χ0n) is 9.70. The molecule has 2 rings (SSSR count). The molecule has 1 aromatic carbocycles. The van der Waals surface area contributed by atoms with Gasteiger partial charge in [-0.15, -0.1) is 0 Å². The number of hydrogen-bond donors (Lipinski definition) is 0. The number of aryl methyl sites for hydroxylation is 1. The Balaban J connectivity index is 2.25. The zero-order chi connectivity index (χ0) is 13.2. The summed E-state index contributed by atoms with van der Waals surface area (Å²) in [5, 5.41) is 0. The van der Waals surface area contributed by atoms with Gasteiger partial charge in [-0.2, -0.15) is 13.2 Å². The van der Waals surface area contributed by atoms with Gasteiger partial charge >= 0.3 is 6.18 Å². The second-order valence-corrected chi connectivity index (χ2v) is 4.03. The number of benzene rings is 1. The van der Waals surface area contributed by atoms with Gasteiger partial charge in [-0.25, -0.2) is 9.97 Å². The zero-order valence-corrected chi connectivity index (χ0v) is 9.70.